The van der Waals surface area contributed by atoms with Crippen molar-refractivity contribution < 1.29 is 28.9 Å². The molecule has 0 radical (unpaired) electrons. The first kappa shape index (κ1) is 42.9. The number of nitro groups is 1. The van der Waals surface area contributed by atoms with E-state index in [-0.39, 0.29) is 31.8 Å². The Kier molecular flexibility index (Phi) is 13.9. The van der Waals surface area contributed by atoms with E-state index in [0.29, 0.717) is 30.3 Å². The third kappa shape index (κ3) is 8.83. The number of aliphatic carboxylic acids is 1. The van der Waals surface area contributed by atoms with Crippen molar-refractivity contribution in [3.8, 4) is 6.07 Å². The fourth-order valence-electron chi connectivity index (χ4n) is 8.97. The zero-order valence-electron chi connectivity index (χ0n) is 34.5. The lowest BCUT2D eigenvalue weighted by Crippen LogP contribution is -2.34. The zero-order chi connectivity index (χ0) is 42.7. The molecular weight excluding hydrogens is 755 g/mol. The summed E-state index contributed by atoms with van der Waals surface area (Å²) in [5.74, 6) is -0.894. The molecule has 0 fully saturated rings. The Morgan fingerprint density at radius 2 is 1.88 bits per heavy atom. The van der Waals surface area contributed by atoms with Gasteiger partial charge in [-0.05, 0) is 80.1 Å². The highest BCUT2D eigenvalue weighted by Gasteiger charge is 2.49. The molecule has 0 aliphatic carbocycles. The second-order valence-electron chi connectivity index (χ2n) is 15.6. The molecule has 6 rings (SSSR count). The van der Waals surface area contributed by atoms with E-state index in [1.54, 1.807) is 24.4 Å². The van der Waals surface area contributed by atoms with Gasteiger partial charge in [0, 0.05) is 65.4 Å². The number of hydrogen-bond acceptors (Lipinski definition) is 8. The van der Waals surface area contributed by atoms with Crippen LogP contribution in [0, 0.1) is 21.4 Å². The van der Waals surface area contributed by atoms with Gasteiger partial charge in [0.1, 0.15) is 6.61 Å². The number of carbonyl (C=O) groups is 2. The number of non-ortho nitro benzene ring substituents is 1. The van der Waals surface area contributed by atoms with Crippen molar-refractivity contribution in [1.29, 1.82) is 5.26 Å². The third-order valence-electron chi connectivity index (χ3n) is 11.8. The van der Waals surface area contributed by atoms with Crippen molar-refractivity contribution in [2.45, 2.75) is 83.0 Å². The monoisotopic (exact) mass is 806 g/mol. The molecule has 3 heterocycles. The molecule has 308 valence electrons. The molecule has 4 aromatic rings. The molecule has 1 N–H and O–H groups in total. The second-order valence-corrected chi connectivity index (χ2v) is 15.6. The lowest BCUT2D eigenvalue weighted by Gasteiger charge is -2.34. The summed E-state index contributed by atoms with van der Waals surface area (Å²) in [7, 11) is 0. The van der Waals surface area contributed by atoms with Crippen LogP contribution in [-0.4, -0.2) is 57.4 Å². The molecular formula is C49H52N5O6+. The minimum atomic E-state index is -0.894. The number of unbranched alkanes of at least 4 members (excludes halogenated alkanes) is 3. The van der Waals surface area contributed by atoms with Gasteiger partial charge in [-0.1, -0.05) is 81.2 Å². The molecule has 3 aromatic carbocycles. The smallest absolute Gasteiger partial charge is 0.305 e. The molecule has 11 heteroatoms. The maximum absolute atomic E-state index is 12.0. The van der Waals surface area contributed by atoms with Crippen molar-refractivity contribution in [2.24, 2.45) is 0 Å². The molecule has 0 amide bonds. The average molecular weight is 807 g/mol. The van der Waals surface area contributed by atoms with E-state index in [2.05, 4.69) is 43.0 Å². The van der Waals surface area contributed by atoms with Gasteiger partial charge < -0.3 is 14.7 Å². The molecule has 0 spiro atoms. The van der Waals surface area contributed by atoms with E-state index in [0.717, 1.165) is 77.1 Å². The first-order valence-electron chi connectivity index (χ1n) is 20.6. The highest BCUT2D eigenvalue weighted by atomic mass is 16.6. The van der Waals surface area contributed by atoms with Crippen molar-refractivity contribution in [3.63, 3.8) is 0 Å². The number of carboxylic acid groups (broad SMARTS) is 1. The molecule has 1 aromatic heterocycles. The van der Waals surface area contributed by atoms with Gasteiger partial charge in [-0.15, -0.1) is 0 Å². The fourth-order valence-corrected chi connectivity index (χ4v) is 8.97. The van der Waals surface area contributed by atoms with Crippen molar-refractivity contribution in [1.82, 2.24) is 4.98 Å². The topological polar surface area (TPSA) is 150 Å². The Morgan fingerprint density at radius 3 is 2.60 bits per heavy atom. The molecule has 0 saturated carbocycles. The highest BCUT2D eigenvalue weighted by Crippen LogP contribution is 2.53. The Hall–Kier alpha value is -6.67. The molecule has 2 unspecified atom stereocenters. The van der Waals surface area contributed by atoms with Gasteiger partial charge in [0.15, 0.2) is 12.3 Å². The normalized spacial score (nSPS) is 19.3. The summed E-state index contributed by atoms with van der Waals surface area (Å²) in [6.45, 7) is 7.27. The molecule has 0 bridgehead atoms. The molecule has 11 nitrogen and oxygen atoms in total. The van der Waals surface area contributed by atoms with E-state index in [4.69, 9.17) is 9.72 Å². The number of pyridine rings is 1. The number of carbonyl (C=O) groups excluding carboxylic acids is 1. The Bertz CT molecular complexity index is 2450. The van der Waals surface area contributed by atoms with Gasteiger partial charge in [0.2, 0.25) is 5.69 Å². The average Bonchev–Trinajstić information content (AvgIpc) is 3.65. The van der Waals surface area contributed by atoms with Crippen LogP contribution in [0.3, 0.4) is 0 Å². The third-order valence-corrected chi connectivity index (χ3v) is 11.8. The predicted molar refractivity (Wildman–Crippen MR) is 235 cm³/mol. The Morgan fingerprint density at radius 1 is 1.08 bits per heavy atom. The lowest BCUT2D eigenvalue weighted by molar-refractivity contribution is -0.439. The van der Waals surface area contributed by atoms with Crippen LogP contribution >= 0.6 is 0 Å². The summed E-state index contributed by atoms with van der Waals surface area (Å²) in [5.41, 5.74) is 5.71. The van der Waals surface area contributed by atoms with Crippen LogP contribution in [0.2, 0.25) is 0 Å². The largest absolute Gasteiger partial charge is 0.481 e. The van der Waals surface area contributed by atoms with Crippen molar-refractivity contribution >= 4 is 46.0 Å². The number of nitriles is 1. The number of fused-ring (bicyclic) bond motifs is 4. The van der Waals surface area contributed by atoms with Crippen molar-refractivity contribution in [2.75, 3.05) is 24.6 Å². The number of carboxylic acids is 1. The number of benzene rings is 3. The van der Waals surface area contributed by atoms with E-state index < -0.39 is 21.7 Å². The summed E-state index contributed by atoms with van der Waals surface area (Å²) < 4.78 is 7.25. The maximum atomic E-state index is 12.0. The first-order valence-corrected chi connectivity index (χ1v) is 20.6. The number of hydrogen-bond donors (Lipinski definition) is 1. The van der Waals surface area contributed by atoms with Crippen LogP contribution in [0.1, 0.15) is 82.5 Å². The number of para-hydroxylation sites is 1. The van der Waals surface area contributed by atoms with Gasteiger partial charge in [-0.3, -0.25) is 24.7 Å². The Labute approximate surface area is 351 Å². The summed E-state index contributed by atoms with van der Waals surface area (Å²) in [4.78, 5) is 41.7. The number of aromatic nitrogens is 1. The number of nitrogens with zero attached hydrogens (tertiary/aromatic N) is 5. The second kappa shape index (κ2) is 19.4. The summed E-state index contributed by atoms with van der Waals surface area (Å²) >= 11 is 0. The number of ether oxygens (including phenoxy) is 1. The van der Waals surface area contributed by atoms with Gasteiger partial charge in [-0.25, -0.2) is 0 Å². The van der Waals surface area contributed by atoms with Crippen LogP contribution < -0.4 is 4.90 Å². The van der Waals surface area contributed by atoms with Crippen LogP contribution in [0.25, 0.3) is 10.8 Å². The predicted octanol–water partition coefficient (Wildman–Crippen LogP) is 9.97. The maximum Gasteiger partial charge on any atom is 0.305 e. The van der Waals surface area contributed by atoms with Gasteiger partial charge in [-0.2, -0.15) is 9.84 Å². The number of anilines is 1. The summed E-state index contributed by atoms with van der Waals surface area (Å²) in [6, 6.07) is 25.4. The standard InChI is InChI=1S/C49H51N5O6/c1-4-6-8-12-27-49(33-38-14-11-13-28-51-38)41-15-9-10-16-43(41)52(29-25-46(56)57)45(49)24-18-36(34-50)17-23-44-48(3,26-7-5-2)42-22-20-37-19-21-39(54(58)59)32-40(37)47(42)53(44)30-31-60-35-55/h5,7,9-11,13-24,28,32,35H,4,6,8,12,25-27,29-31,33H2,1-3H3/p+1/b7-5+. The van der Waals surface area contributed by atoms with E-state index >= 15 is 0 Å². The van der Waals surface area contributed by atoms with Crippen LogP contribution in [0.4, 0.5) is 17.1 Å². The zero-order valence-corrected chi connectivity index (χ0v) is 34.5. The van der Waals surface area contributed by atoms with E-state index in [9.17, 15) is 30.1 Å². The van der Waals surface area contributed by atoms with Crippen LogP contribution in [0.15, 0.2) is 127 Å². The van der Waals surface area contributed by atoms with Crippen molar-refractivity contribution in [3.05, 3.63) is 154 Å². The number of nitro benzene ring substituents is 1. The first-order chi connectivity index (χ1) is 29.1. The summed E-state index contributed by atoms with van der Waals surface area (Å²) in [6.07, 6.45) is 19.5. The number of rotatable bonds is 20. The molecule has 0 saturated heterocycles. The molecule has 2 aliphatic rings. The molecule has 2 atom stereocenters. The quantitative estimate of drug-likeness (QED) is 0.0135. The molecule has 60 heavy (non-hydrogen) atoms. The fraction of sp³-hybridized carbons (Fsp3) is 0.327. The number of allylic oxidation sites excluding steroid dienone is 8. The van der Waals surface area contributed by atoms with Crippen LogP contribution in [-0.2, 0) is 31.6 Å². The molecule has 2 aliphatic heterocycles. The van der Waals surface area contributed by atoms with E-state index in [1.807, 2.05) is 78.3 Å². The Balaban J connectivity index is 1.53. The highest BCUT2D eigenvalue weighted by molar-refractivity contribution is 6.08. The van der Waals surface area contributed by atoms with Crippen LogP contribution in [0.5, 0.6) is 0 Å². The minimum absolute atomic E-state index is 0.0298. The van der Waals surface area contributed by atoms with E-state index in [1.165, 1.54) is 6.07 Å². The lowest BCUT2D eigenvalue weighted by atomic mass is 9.71. The van der Waals surface area contributed by atoms with Gasteiger partial charge in [0.05, 0.1) is 33.8 Å². The minimum Gasteiger partial charge on any atom is -0.481 e. The summed E-state index contributed by atoms with van der Waals surface area (Å²) in [5, 5.41) is 34.0. The van der Waals surface area contributed by atoms with Gasteiger partial charge in [0.25, 0.3) is 12.2 Å². The van der Waals surface area contributed by atoms with Gasteiger partial charge >= 0.3 is 5.97 Å². The SMILES string of the molecule is C/C=C/CC1(C)C(C=CC(C#N)=CC=C2N(CCC(=O)O)c3ccccc3C2(CCCCCC)Cc2ccccn2)=[N+](CCOC=O)c2c1ccc1ccc([N+](=O)[O-])cc21.